The van der Waals surface area contributed by atoms with Crippen LogP contribution in [0.15, 0.2) is 0 Å². The number of hydrogen-bond donors (Lipinski definition) is 1. The molecule has 0 aliphatic heterocycles. The third-order valence-corrected chi connectivity index (χ3v) is 2.86. The van der Waals surface area contributed by atoms with Gasteiger partial charge in [-0.2, -0.15) is 13.2 Å². The van der Waals surface area contributed by atoms with Gasteiger partial charge in [-0.3, -0.25) is 0 Å². The summed E-state index contributed by atoms with van der Waals surface area (Å²) in [6.07, 6.45) is -2.91. The second-order valence-electron chi connectivity index (χ2n) is 5.92. The lowest BCUT2D eigenvalue weighted by molar-refractivity contribution is -0.138. The Morgan fingerprint density at radius 1 is 1.17 bits per heavy atom. The van der Waals surface area contributed by atoms with Gasteiger partial charge in [0.25, 0.3) is 0 Å². The molecule has 0 aromatic heterocycles. The van der Waals surface area contributed by atoms with E-state index < -0.39 is 12.6 Å². The predicted molar refractivity (Wildman–Crippen MR) is 69.8 cm³/mol. The maximum atomic E-state index is 12.2. The SMILES string of the molecule is CCCC(CNC(C)(C)C)N(C)CCC(F)(F)F. The van der Waals surface area contributed by atoms with Crippen molar-refractivity contribution in [3.05, 3.63) is 0 Å². The van der Waals surface area contributed by atoms with Crippen molar-refractivity contribution in [3.63, 3.8) is 0 Å². The smallest absolute Gasteiger partial charge is 0.311 e. The van der Waals surface area contributed by atoms with Gasteiger partial charge in [-0.05, 0) is 34.2 Å². The monoisotopic (exact) mass is 268 g/mol. The Hall–Kier alpha value is -0.290. The fourth-order valence-corrected chi connectivity index (χ4v) is 1.72. The van der Waals surface area contributed by atoms with Crippen LogP contribution in [0, 0.1) is 0 Å². The van der Waals surface area contributed by atoms with Gasteiger partial charge >= 0.3 is 6.18 Å². The lowest BCUT2D eigenvalue weighted by Crippen LogP contribution is -2.47. The summed E-state index contributed by atoms with van der Waals surface area (Å²) in [5, 5.41) is 3.36. The van der Waals surface area contributed by atoms with Crippen LogP contribution in [0.2, 0.25) is 0 Å². The van der Waals surface area contributed by atoms with Crippen molar-refractivity contribution in [3.8, 4) is 0 Å². The lowest BCUT2D eigenvalue weighted by Gasteiger charge is -2.31. The standard InChI is InChI=1S/C13H27F3N2/c1-6-7-11(10-17-12(2,3)4)18(5)9-8-13(14,15)16/h11,17H,6-10H2,1-5H3. The topological polar surface area (TPSA) is 15.3 Å². The Balaban J connectivity index is 4.22. The van der Waals surface area contributed by atoms with E-state index in [9.17, 15) is 13.2 Å². The molecule has 0 fully saturated rings. The molecule has 0 amide bonds. The molecule has 0 aromatic carbocycles. The second kappa shape index (κ2) is 7.34. The van der Waals surface area contributed by atoms with E-state index >= 15 is 0 Å². The molecule has 18 heavy (non-hydrogen) atoms. The van der Waals surface area contributed by atoms with Crippen molar-refractivity contribution in [2.45, 2.75) is 64.7 Å². The molecule has 0 saturated carbocycles. The molecule has 0 bridgehead atoms. The van der Waals surface area contributed by atoms with Gasteiger partial charge in [0.15, 0.2) is 0 Å². The van der Waals surface area contributed by atoms with Crippen LogP contribution in [0.4, 0.5) is 13.2 Å². The predicted octanol–water partition coefficient (Wildman–Crippen LogP) is 3.43. The van der Waals surface area contributed by atoms with E-state index in [0.29, 0.717) is 0 Å². The molecule has 110 valence electrons. The van der Waals surface area contributed by atoms with Gasteiger partial charge in [-0.1, -0.05) is 13.3 Å². The summed E-state index contributed by atoms with van der Waals surface area (Å²) in [5.41, 5.74) is -0.00312. The molecule has 0 aliphatic rings. The Bertz CT molecular complexity index is 221. The summed E-state index contributed by atoms with van der Waals surface area (Å²) in [6.45, 7) is 9.04. The zero-order valence-corrected chi connectivity index (χ0v) is 12.2. The highest BCUT2D eigenvalue weighted by molar-refractivity contribution is 4.78. The van der Waals surface area contributed by atoms with Gasteiger partial charge < -0.3 is 10.2 Å². The van der Waals surface area contributed by atoms with Crippen LogP contribution in [0.1, 0.15) is 47.0 Å². The summed E-state index contributed by atoms with van der Waals surface area (Å²) in [6, 6.07) is 0.163. The van der Waals surface area contributed by atoms with E-state index in [1.165, 1.54) is 0 Å². The minimum Gasteiger partial charge on any atom is -0.311 e. The van der Waals surface area contributed by atoms with E-state index in [1.807, 2.05) is 4.90 Å². The zero-order valence-electron chi connectivity index (χ0n) is 12.2. The van der Waals surface area contributed by atoms with Crippen molar-refractivity contribution in [2.75, 3.05) is 20.1 Å². The number of nitrogens with one attached hydrogen (secondary N) is 1. The van der Waals surface area contributed by atoms with Crippen LogP contribution in [0.3, 0.4) is 0 Å². The molecule has 1 N–H and O–H groups in total. The highest BCUT2D eigenvalue weighted by atomic mass is 19.4. The number of rotatable bonds is 7. The normalized spacial score (nSPS) is 15.2. The molecule has 0 aliphatic carbocycles. The average Bonchev–Trinajstić information content (AvgIpc) is 2.18. The Morgan fingerprint density at radius 3 is 2.11 bits per heavy atom. The zero-order chi connectivity index (χ0) is 14.4. The summed E-state index contributed by atoms with van der Waals surface area (Å²) in [5.74, 6) is 0. The van der Waals surface area contributed by atoms with Gasteiger partial charge in [0.1, 0.15) is 0 Å². The van der Waals surface area contributed by atoms with E-state index in [-0.39, 0.29) is 18.1 Å². The van der Waals surface area contributed by atoms with Gasteiger partial charge in [-0.15, -0.1) is 0 Å². The van der Waals surface area contributed by atoms with Crippen LogP contribution in [0.25, 0.3) is 0 Å². The van der Waals surface area contributed by atoms with Crippen molar-refractivity contribution in [1.29, 1.82) is 0 Å². The summed E-state index contributed by atoms with van der Waals surface area (Å²) in [7, 11) is 1.77. The van der Waals surface area contributed by atoms with Crippen molar-refractivity contribution >= 4 is 0 Å². The van der Waals surface area contributed by atoms with E-state index in [1.54, 1.807) is 7.05 Å². The second-order valence-corrected chi connectivity index (χ2v) is 5.92. The molecular formula is C13H27F3N2. The van der Waals surface area contributed by atoms with Gasteiger partial charge in [0, 0.05) is 24.7 Å². The van der Waals surface area contributed by atoms with Crippen LogP contribution in [-0.4, -0.2) is 42.8 Å². The van der Waals surface area contributed by atoms with Crippen molar-refractivity contribution in [2.24, 2.45) is 0 Å². The Kier molecular flexibility index (Phi) is 7.22. The number of nitrogens with zero attached hydrogens (tertiary/aromatic N) is 1. The molecule has 5 heteroatoms. The molecule has 0 saturated heterocycles. The van der Waals surface area contributed by atoms with Crippen LogP contribution in [-0.2, 0) is 0 Å². The van der Waals surface area contributed by atoms with E-state index in [0.717, 1.165) is 19.4 Å². The van der Waals surface area contributed by atoms with Gasteiger partial charge in [0.2, 0.25) is 0 Å². The van der Waals surface area contributed by atoms with E-state index in [2.05, 4.69) is 33.0 Å². The quantitative estimate of drug-likeness (QED) is 0.761. The molecule has 0 aromatic rings. The third kappa shape index (κ3) is 9.71. The van der Waals surface area contributed by atoms with Crippen LogP contribution < -0.4 is 5.32 Å². The highest BCUT2D eigenvalue weighted by Crippen LogP contribution is 2.20. The van der Waals surface area contributed by atoms with Crippen molar-refractivity contribution in [1.82, 2.24) is 10.2 Å². The first-order valence-corrected chi connectivity index (χ1v) is 6.57. The molecule has 0 heterocycles. The van der Waals surface area contributed by atoms with Gasteiger partial charge in [0.05, 0.1) is 6.42 Å². The third-order valence-electron chi connectivity index (χ3n) is 2.86. The summed E-state index contributed by atoms with van der Waals surface area (Å²) >= 11 is 0. The minimum atomic E-state index is -4.07. The van der Waals surface area contributed by atoms with Gasteiger partial charge in [-0.25, -0.2) is 0 Å². The molecule has 0 rings (SSSR count). The summed E-state index contributed by atoms with van der Waals surface area (Å²) < 4.78 is 36.6. The molecular weight excluding hydrogens is 241 g/mol. The fourth-order valence-electron chi connectivity index (χ4n) is 1.72. The fraction of sp³-hybridized carbons (Fsp3) is 1.00. The molecule has 1 unspecified atom stereocenters. The first kappa shape index (κ1) is 17.7. The number of likely N-dealkylation sites (N-methyl/N-ethyl adjacent to an activating group) is 1. The molecule has 0 spiro atoms. The Morgan fingerprint density at radius 2 is 1.72 bits per heavy atom. The molecule has 1 atom stereocenters. The molecule has 2 nitrogen and oxygen atoms in total. The van der Waals surface area contributed by atoms with Crippen LogP contribution >= 0.6 is 0 Å². The average molecular weight is 268 g/mol. The molecule has 0 radical (unpaired) electrons. The van der Waals surface area contributed by atoms with E-state index in [4.69, 9.17) is 0 Å². The minimum absolute atomic E-state index is 0.00312. The van der Waals surface area contributed by atoms with Crippen LogP contribution in [0.5, 0.6) is 0 Å². The number of halogens is 3. The Labute approximate surface area is 109 Å². The largest absolute Gasteiger partial charge is 0.390 e. The number of alkyl halides is 3. The maximum absolute atomic E-state index is 12.2. The first-order chi connectivity index (χ1) is 8.05. The number of hydrogen-bond acceptors (Lipinski definition) is 2. The highest BCUT2D eigenvalue weighted by Gasteiger charge is 2.28. The lowest BCUT2D eigenvalue weighted by atomic mass is 10.1. The maximum Gasteiger partial charge on any atom is 0.390 e. The first-order valence-electron chi connectivity index (χ1n) is 6.57. The summed E-state index contributed by atoms with van der Waals surface area (Å²) in [4.78, 5) is 1.82. The van der Waals surface area contributed by atoms with Crippen molar-refractivity contribution < 1.29 is 13.2 Å².